The Hall–Kier alpha value is -3.68. The van der Waals surface area contributed by atoms with Crippen LogP contribution in [-0.4, -0.2) is 28.4 Å². The van der Waals surface area contributed by atoms with Crippen LogP contribution in [0, 0.1) is 0 Å². The number of aliphatic hydroxyl groups is 1. The van der Waals surface area contributed by atoms with Gasteiger partial charge in [-0.1, -0.05) is 53.3 Å². The molecule has 170 valence electrons. The van der Waals surface area contributed by atoms with E-state index in [9.17, 15) is 14.7 Å². The normalized spacial score (nSPS) is 17.5. The number of nitrogens with zero attached hydrogens (tertiary/aromatic N) is 2. The second kappa shape index (κ2) is 8.93. The third-order valence-corrected chi connectivity index (χ3v) is 6.80. The van der Waals surface area contributed by atoms with E-state index in [1.165, 1.54) is 16.2 Å². The summed E-state index contributed by atoms with van der Waals surface area (Å²) in [4.78, 5) is 32.5. The van der Waals surface area contributed by atoms with Crippen LogP contribution in [0.25, 0.3) is 16.0 Å². The fraction of sp³-hybridized carbons (Fsp3) is 0.115. The van der Waals surface area contributed by atoms with Crippen molar-refractivity contribution in [3.05, 3.63) is 94.5 Å². The second-order valence-corrected chi connectivity index (χ2v) is 9.09. The molecule has 1 N–H and O–H groups in total. The maximum Gasteiger partial charge on any atom is 0.301 e. The summed E-state index contributed by atoms with van der Waals surface area (Å²) in [6, 6.07) is 20.3. The van der Waals surface area contributed by atoms with Crippen molar-refractivity contribution in [2.45, 2.75) is 13.0 Å². The summed E-state index contributed by atoms with van der Waals surface area (Å²) in [6.07, 6.45) is 0. The number of Topliss-reactive ketones (excluding diaryl/α,β-unsaturated/α-hetero) is 1. The minimum Gasteiger partial charge on any atom is -0.507 e. The number of fused-ring (bicyclic) bond motifs is 1. The summed E-state index contributed by atoms with van der Waals surface area (Å²) in [7, 11) is 0. The summed E-state index contributed by atoms with van der Waals surface area (Å²) in [6.45, 7) is 2.39. The van der Waals surface area contributed by atoms with Gasteiger partial charge in [-0.05, 0) is 55.0 Å². The molecule has 0 spiro atoms. The summed E-state index contributed by atoms with van der Waals surface area (Å²) in [5, 5.41) is 12.1. The van der Waals surface area contributed by atoms with Crippen molar-refractivity contribution < 1.29 is 19.4 Å². The van der Waals surface area contributed by atoms with Gasteiger partial charge in [0.2, 0.25) is 0 Å². The lowest BCUT2D eigenvalue weighted by Gasteiger charge is -2.22. The summed E-state index contributed by atoms with van der Waals surface area (Å²) in [5.74, 6) is -1.11. The number of aromatic nitrogens is 1. The van der Waals surface area contributed by atoms with Gasteiger partial charge in [-0.2, -0.15) is 0 Å². The summed E-state index contributed by atoms with van der Waals surface area (Å²) < 4.78 is 6.26. The van der Waals surface area contributed by atoms with E-state index >= 15 is 0 Å². The van der Waals surface area contributed by atoms with Gasteiger partial charge < -0.3 is 9.84 Å². The van der Waals surface area contributed by atoms with Crippen LogP contribution in [-0.2, 0) is 9.59 Å². The number of anilines is 1. The number of aliphatic hydroxyl groups excluding tert-OH is 1. The second-order valence-electron chi connectivity index (χ2n) is 7.65. The van der Waals surface area contributed by atoms with E-state index < -0.39 is 17.7 Å². The molecule has 0 radical (unpaired) electrons. The highest BCUT2D eigenvalue weighted by molar-refractivity contribution is 7.22. The average molecular weight is 491 g/mol. The van der Waals surface area contributed by atoms with Crippen LogP contribution in [0.2, 0.25) is 5.02 Å². The zero-order valence-corrected chi connectivity index (χ0v) is 19.6. The Morgan fingerprint density at radius 1 is 1.09 bits per heavy atom. The molecule has 34 heavy (non-hydrogen) atoms. The first kappa shape index (κ1) is 22.1. The monoisotopic (exact) mass is 490 g/mol. The van der Waals surface area contributed by atoms with Gasteiger partial charge in [0, 0.05) is 10.6 Å². The number of amides is 1. The van der Waals surface area contributed by atoms with Gasteiger partial charge in [0.15, 0.2) is 5.13 Å². The van der Waals surface area contributed by atoms with Gasteiger partial charge in [0.05, 0.1) is 28.4 Å². The lowest BCUT2D eigenvalue weighted by Crippen LogP contribution is -2.29. The van der Waals surface area contributed by atoms with E-state index in [4.69, 9.17) is 16.3 Å². The van der Waals surface area contributed by atoms with Gasteiger partial charge in [0.25, 0.3) is 5.78 Å². The van der Waals surface area contributed by atoms with E-state index in [-0.39, 0.29) is 11.3 Å². The number of halogens is 1. The lowest BCUT2D eigenvalue weighted by molar-refractivity contribution is -0.132. The first-order valence-electron chi connectivity index (χ1n) is 10.6. The molecule has 1 atom stereocenters. The molecule has 6 nitrogen and oxygen atoms in total. The van der Waals surface area contributed by atoms with Crippen LogP contribution in [0.15, 0.2) is 78.4 Å². The van der Waals surface area contributed by atoms with E-state index in [0.717, 1.165) is 4.70 Å². The molecule has 0 aliphatic carbocycles. The van der Waals surface area contributed by atoms with Crippen molar-refractivity contribution in [3.8, 4) is 5.75 Å². The van der Waals surface area contributed by atoms with Crippen LogP contribution < -0.4 is 9.64 Å². The highest BCUT2D eigenvalue weighted by Gasteiger charge is 2.48. The Morgan fingerprint density at radius 2 is 1.82 bits per heavy atom. The molecule has 1 aromatic heterocycles. The molecule has 1 aliphatic heterocycles. The molecule has 1 fully saturated rings. The quantitative estimate of drug-likeness (QED) is 0.211. The predicted molar refractivity (Wildman–Crippen MR) is 133 cm³/mol. The number of benzene rings is 3. The Morgan fingerprint density at radius 3 is 2.53 bits per heavy atom. The van der Waals surface area contributed by atoms with Gasteiger partial charge in [0.1, 0.15) is 11.5 Å². The Labute approximate surface area is 204 Å². The van der Waals surface area contributed by atoms with Crippen molar-refractivity contribution in [2.24, 2.45) is 0 Å². The third-order valence-electron chi connectivity index (χ3n) is 5.54. The molecule has 2 heterocycles. The standard InChI is InChI=1S/C26H19ClN2O4S/c1-2-33-18-11-8-16(9-12-18)23(30)21-22(15-6-4-3-5-7-15)29(25(32)24(21)31)26-28-19-13-10-17(27)14-20(19)34-26/h3-14,22,30H,2H2,1H3. The van der Waals surface area contributed by atoms with Crippen molar-refractivity contribution in [1.29, 1.82) is 0 Å². The molecule has 3 aromatic carbocycles. The van der Waals surface area contributed by atoms with Crippen LogP contribution in [0.1, 0.15) is 24.1 Å². The van der Waals surface area contributed by atoms with Crippen LogP contribution in [0.5, 0.6) is 5.75 Å². The summed E-state index contributed by atoms with van der Waals surface area (Å²) in [5.41, 5.74) is 1.78. The number of ether oxygens (including phenoxy) is 1. The van der Waals surface area contributed by atoms with Gasteiger partial charge in [-0.15, -0.1) is 0 Å². The highest BCUT2D eigenvalue weighted by atomic mass is 35.5. The first-order chi connectivity index (χ1) is 16.5. The first-order valence-corrected chi connectivity index (χ1v) is 11.8. The number of thiazole rings is 1. The number of rotatable bonds is 5. The number of carbonyl (C=O) groups is 2. The Kier molecular flexibility index (Phi) is 5.81. The zero-order valence-electron chi connectivity index (χ0n) is 18.1. The van der Waals surface area contributed by atoms with Gasteiger partial charge >= 0.3 is 5.91 Å². The molecule has 1 saturated heterocycles. The van der Waals surface area contributed by atoms with E-state index in [1.54, 1.807) is 42.5 Å². The molecule has 0 bridgehead atoms. The molecular weight excluding hydrogens is 472 g/mol. The van der Waals surface area contributed by atoms with Crippen LogP contribution in [0.3, 0.4) is 0 Å². The van der Waals surface area contributed by atoms with Crippen LogP contribution >= 0.6 is 22.9 Å². The maximum absolute atomic E-state index is 13.3. The minimum atomic E-state index is -0.830. The van der Waals surface area contributed by atoms with Crippen molar-refractivity contribution in [2.75, 3.05) is 11.5 Å². The molecule has 1 amide bonds. The number of hydrogen-bond donors (Lipinski definition) is 1. The van der Waals surface area contributed by atoms with Crippen molar-refractivity contribution in [3.63, 3.8) is 0 Å². The Balaban J connectivity index is 1.67. The van der Waals surface area contributed by atoms with E-state index in [2.05, 4.69) is 4.98 Å². The molecule has 4 aromatic rings. The number of ketones is 1. The zero-order chi connectivity index (χ0) is 23.8. The van der Waals surface area contributed by atoms with Gasteiger partial charge in [-0.25, -0.2) is 4.98 Å². The molecule has 1 unspecified atom stereocenters. The minimum absolute atomic E-state index is 0.0117. The van der Waals surface area contributed by atoms with Gasteiger partial charge in [-0.3, -0.25) is 14.5 Å². The summed E-state index contributed by atoms with van der Waals surface area (Å²) >= 11 is 7.39. The molecule has 0 saturated carbocycles. The van der Waals surface area contributed by atoms with Crippen molar-refractivity contribution >= 4 is 55.7 Å². The fourth-order valence-electron chi connectivity index (χ4n) is 4.00. The fourth-order valence-corrected chi connectivity index (χ4v) is 5.27. The van der Waals surface area contributed by atoms with Crippen molar-refractivity contribution in [1.82, 2.24) is 4.98 Å². The van der Waals surface area contributed by atoms with E-state index in [1.807, 2.05) is 37.3 Å². The maximum atomic E-state index is 13.3. The molecule has 8 heteroatoms. The number of carbonyl (C=O) groups excluding carboxylic acids is 2. The molecule has 5 rings (SSSR count). The van der Waals surface area contributed by atoms with Crippen LogP contribution in [0.4, 0.5) is 5.13 Å². The Bertz CT molecular complexity index is 1430. The molecular formula is C26H19ClN2O4S. The lowest BCUT2D eigenvalue weighted by atomic mass is 9.95. The third kappa shape index (κ3) is 3.83. The average Bonchev–Trinajstić information content (AvgIpc) is 3.37. The highest BCUT2D eigenvalue weighted by Crippen LogP contribution is 2.44. The predicted octanol–water partition coefficient (Wildman–Crippen LogP) is 5.97. The number of hydrogen-bond acceptors (Lipinski definition) is 6. The molecule has 1 aliphatic rings. The topological polar surface area (TPSA) is 79.7 Å². The SMILES string of the molecule is CCOc1ccc(C(O)=C2C(=O)C(=O)N(c3nc4ccc(Cl)cc4s3)C2c2ccccc2)cc1. The van der Waals surface area contributed by atoms with E-state index in [0.29, 0.717) is 39.2 Å². The largest absolute Gasteiger partial charge is 0.507 e. The smallest absolute Gasteiger partial charge is 0.301 e.